The normalized spacial score (nSPS) is 25.8. The quantitative estimate of drug-likeness (QED) is 0.650. The highest BCUT2D eigenvalue weighted by Crippen LogP contribution is 2.42. The summed E-state index contributed by atoms with van der Waals surface area (Å²) in [6.45, 7) is 2.89. The first kappa shape index (κ1) is 16.2. The van der Waals surface area contributed by atoms with Gasteiger partial charge in [0.05, 0.1) is 9.95 Å². The van der Waals surface area contributed by atoms with Crippen LogP contribution >= 0.6 is 11.6 Å². The molecule has 0 aliphatic heterocycles. The van der Waals surface area contributed by atoms with E-state index in [-0.39, 0.29) is 11.1 Å². The summed E-state index contributed by atoms with van der Waals surface area (Å²) in [6.07, 6.45) is 6.73. The van der Waals surface area contributed by atoms with Crippen molar-refractivity contribution >= 4 is 17.3 Å². The molecular formula is C16H23ClN2O2. The summed E-state index contributed by atoms with van der Waals surface area (Å²) in [7, 11) is 0. The van der Waals surface area contributed by atoms with Gasteiger partial charge >= 0.3 is 0 Å². The number of hydrogen-bond acceptors (Lipinski definition) is 3. The van der Waals surface area contributed by atoms with E-state index in [2.05, 4.69) is 6.92 Å². The minimum Gasteiger partial charge on any atom is -0.330 e. The summed E-state index contributed by atoms with van der Waals surface area (Å²) in [5.41, 5.74) is 7.17. The van der Waals surface area contributed by atoms with Crippen molar-refractivity contribution in [3.63, 3.8) is 0 Å². The maximum Gasteiger partial charge on any atom is 0.270 e. The first-order chi connectivity index (χ1) is 9.99. The first-order valence-corrected chi connectivity index (χ1v) is 8.00. The molecule has 1 aliphatic carbocycles. The van der Waals surface area contributed by atoms with Gasteiger partial charge in [0, 0.05) is 12.1 Å². The lowest BCUT2D eigenvalue weighted by Crippen LogP contribution is -2.36. The monoisotopic (exact) mass is 310 g/mol. The van der Waals surface area contributed by atoms with Crippen LogP contribution in [0, 0.1) is 21.4 Å². The second-order valence-corrected chi connectivity index (χ2v) is 6.67. The van der Waals surface area contributed by atoms with E-state index in [1.807, 2.05) is 0 Å². The Balaban J connectivity index is 2.14. The second-order valence-electron chi connectivity index (χ2n) is 6.27. The average molecular weight is 311 g/mol. The number of halogens is 1. The molecule has 1 saturated carbocycles. The first-order valence-electron chi connectivity index (χ1n) is 7.62. The number of nitrogens with zero attached hydrogens (tertiary/aromatic N) is 1. The summed E-state index contributed by atoms with van der Waals surface area (Å²) in [5.74, 6) is 0.817. The molecule has 2 rings (SSSR count). The van der Waals surface area contributed by atoms with Gasteiger partial charge in [-0.05, 0) is 55.5 Å². The Morgan fingerprint density at radius 1 is 1.43 bits per heavy atom. The van der Waals surface area contributed by atoms with Crippen molar-refractivity contribution in [2.75, 3.05) is 6.54 Å². The predicted molar refractivity (Wildman–Crippen MR) is 85.5 cm³/mol. The standard InChI is InChI=1S/C16H23ClN2O2/c1-2-12-5-7-16(11-18,8-6-12)10-13-3-4-14(19(20)21)9-15(13)17/h3-4,9,12H,2,5-8,10-11,18H2,1H3. The number of nitrogens with two attached hydrogens (primary N) is 1. The van der Waals surface area contributed by atoms with Crippen molar-refractivity contribution in [1.29, 1.82) is 0 Å². The maximum atomic E-state index is 10.8. The van der Waals surface area contributed by atoms with E-state index in [9.17, 15) is 10.1 Å². The van der Waals surface area contributed by atoms with Gasteiger partial charge in [-0.15, -0.1) is 0 Å². The minimum atomic E-state index is -0.416. The van der Waals surface area contributed by atoms with E-state index in [0.717, 1.165) is 30.7 Å². The Morgan fingerprint density at radius 2 is 2.10 bits per heavy atom. The van der Waals surface area contributed by atoms with Gasteiger partial charge in [-0.1, -0.05) is 31.0 Å². The van der Waals surface area contributed by atoms with Crippen LogP contribution in [0.4, 0.5) is 5.69 Å². The largest absolute Gasteiger partial charge is 0.330 e. The van der Waals surface area contributed by atoms with E-state index < -0.39 is 4.92 Å². The molecular weight excluding hydrogens is 288 g/mol. The van der Waals surface area contributed by atoms with Gasteiger partial charge in [-0.2, -0.15) is 0 Å². The molecule has 4 nitrogen and oxygen atoms in total. The van der Waals surface area contributed by atoms with E-state index in [4.69, 9.17) is 17.3 Å². The van der Waals surface area contributed by atoms with Gasteiger partial charge in [0.25, 0.3) is 5.69 Å². The molecule has 0 aromatic heterocycles. The Morgan fingerprint density at radius 3 is 2.57 bits per heavy atom. The lowest BCUT2D eigenvalue weighted by atomic mass is 9.67. The van der Waals surface area contributed by atoms with Gasteiger partial charge in [-0.3, -0.25) is 10.1 Å². The molecule has 0 saturated heterocycles. The number of hydrogen-bond donors (Lipinski definition) is 1. The number of nitro groups is 1. The van der Waals surface area contributed by atoms with Gasteiger partial charge in [0.1, 0.15) is 0 Å². The van der Waals surface area contributed by atoms with E-state index >= 15 is 0 Å². The highest BCUT2D eigenvalue weighted by atomic mass is 35.5. The van der Waals surface area contributed by atoms with Crippen LogP contribution in [0.1, 0.15) is 44.6 Å². The molecule has 0 spiro atoms. The zero-order chi connectivity index (χ0) is 15.5. The predicted octanol–water partition coefficient (Wildman–Crippen LogP) is 4.34. The third-order valence-corrected chi connectivity index (χ3v) is 5.34. The van der Waals surface area contributed by atoms with Gasteiger partial charge < -0.3 is 5.73 Å². The Hall–Kier alpha value is -1.13. The summed E-state index contributed by atoms with van der Waals surface area (Å²) in [5, 5.41) is 11.3. The van der Waals surface area contributed by atoms with Crippen LogP contribution in [-0.2, 0) is 6.42 Å². The van der Waals surface area contributed by atoms with Gasteiger partial charge in [0.15, 0.2) is 0 Å². The van der Waals surface area contributed by atoms with Crippen LogP contribution in [0.2, 0.25) is 5.02 Å². The summed E-state index contributed by atoms with van der Waals surface area (Å²) >= 11 is 6.22. The van der Waals surface area contributed by atoms with Crippen LogP contribution in [0.5, 0.6) is 0 Å². The fraction of sp³-hybridized carbons (Fsp3) is 0.625. The lowest BCUT2D eigenvalue weighted by molar-refractivity contribution is -0.384. The number of non-ortho nitro benzene ring substituents is 1. The topological polar surface area (TPSA) is 69.2 Å². The minimum absolute atomic E-state index is 0.0419. The van der Waals surface area contributed by atoms with Crippen molar-refractivity contribution in [3.8, 4) is 0 Å². The second kappa shape index (κ2) is 6.75. The van der Waals surface area contributed by atoms with Crippen LogP contribution in [0.25, 0.3) is 0 Å². The molecule has 1 aliphatic rings. The van der Waals surface area contributed by atoms with Crippen LogP contribution < -0.4 is 5.73 Å². The van der Waals surface area contributed by atoms with Gasteiger partial charge in [-0.25, -0.2) is 0 Å². The maximum absolute atomic E-state index is 10.8. The number of rotatable bonds is 5. The molecule has 0 heterocycles. The third kappa shape index (κ3) is 3.74. The molecule has 0 unspecified atom stereocenters. The highest BCUT2D eigenvalue weighted by molar-refractivity contribution is 6.31. The Bertz CT molecular complexity index is 511. The van der Waals surface area contributed by atoms with Crippen molar-refractivity contribution < 1.29 is 4.92 Å². The molecule has 0 bridgehead atoms. The molecule has 0 amide bonds. The highest BCUT2D eigenvalue weighted by Gasteiger charge is 2.34. The molecule has 5 heteroatoms. The molecule has 116 valence electrons. The molecule has 1 aromatic carbocycles. The summed E-state index contributed by atoms with van der Waals surface area (Å²) < 4.78 is 0. The average Bonchev–Trinajstić information content (AvgIpc) is 2.50. The third-order valence-electron chi connectivity index (χ3n) is 4.99. The number of benzene rings is 1. The van der Waals surface area contributed by atoms with Crippen molar-refractivity contribution in [2.24, 2.45) is 17.1 Å². The Labute approximate surface area is 130 Å². The SMILES string of the molecule is CCC1CCC(CN)(Cc2ccc([N+](=O)[O-])cc2Cl)CC1. The molecule has 2 N–H and O–H groups in total. The molecule has 21 heavy (non-hydrogen) atoms. The summed E-state index contributed by atoms with van der Waals surface area (Å²) in [6, 6.07) is 4.76. The van der Waals surface area contributed by atoms with Crippen molar-refractivity contribution in [2.45, 2.75) is 45.4 Å². The van der Waals surface area contributed by atoms with Crippen LogP contribution in [-0.4, -0.2) is 11.5 Å². The zero-order valence-corrected chi connectivity index (χ0v) is 13.2. The zero-order valence-electron chi connectivity index (χ0n) is 12.5. The van der Waals surface area contributed by atoms with E-state index in [1.165, 1.54) is 31.4 Å². The lowest BCUT2D eigenvalue weighted by Gasteiger charge is -2.39. The molecule has 0 radical (unpaired) electrons. The molecule has 1 fully saturated rings. The molecule has 0 atom stereocenters. The smallest absolute Gasteiger partial charge is 0.270 e. The molecule has 1 aromatic rings. The van der Waals surface area contributed by atoms with E-state index in [1.54, 1.807) is 6.07 Å². The van der Waals surface area contributed by atoms with Crippen molar-refractivity contribution in [1.82, 2.24) is 0 Å². The van der Waals surface area contributed by atoms with E-state index in [0.29, 0.717) is 11.6 Å². The van der Waals surface area contributed by atoms with Crippen LogP contribution in [0.15, 0.2) is 18.2 Å². The summed E-state index contributed by atoms with van der Waals surface area (Å²) in [4.78, 5) is 10.4. The van der Waals surface area contributed by atoms with Crippen LogP contribution in [0.3, 0.4) is 0 Å². The fourth-order valence-electron chi connectivity index (χ4n) is 3.35. The Kier molecular flexibility index (Phi) is 5.22. The van der Waals surface area contributed by atoms with Gasteiger partial charge in [0.2, 0.25) is 0 Å². The number of nitro benzene ring substituents is 1. The van der Waals surface area contributed by atoms with Crippen molar-refractivity contribution in [3.05, 3.63) is 38.9 Å². The fourth-order valence-corrected chi connectivity index (χ4v) is 3.59.